The SMILES string of the molecule is C=C(C)CC(C(=O)O)N(C)C(=O)OC(C)(C)C. The molecule has 0 rings (SSSR count). The van der Waals surface area contributed by atoms with Gasteiger partial charge in [-0.1, -0.05) is 5.57 Å². The summed E-state index contributed by atoms with van der Waals surface area (Å²) >= 11 is 0. The van der Waals surface area contributed by atoms with Crippen LogP contribution in [-0.4, -0.2) is 40.8 Å². The topological polar surface area (TPSA) is 66.8 Å². The van der Waals surface area contributed by atoms with Gasteiger partial charge in [0.25, 0.3) is 0 Å². The van der Waals surface area contributed by atoms with Gasteiger partial charge in [0.1, 0.15) is 11.6 Å². The first-order chi connectivity index (χ1) is 7.54. The average Bonchev–Trinajstić information content (AvgIpc) is 2.09. The summed E-state index contributed by atoms with van der Waals surface area (Å²) in [6.07, 6.45) is -0.434. The highest BCUT2D eigenvalue weighted by Gasteiger charge is 2.29. The number of carboxylic acids is 1. The monoisotopic (exact) mass is 243 g/mol. The summed E-state index contributed by atoms with van der Waals surface area (Å²) in [5.41, 5.74) is 0.0604. The van der Waals surface area contributed by atoms with Crippen LogP contribution in [0.2, 0.25) is 0 Å². The van der Waals surface area contributed by atoms with Crippen molar-refractivity contribution in [1.82, 2.24) is 4.90 Å². The minimum Gasteiger partial charge on any atom is -0.480 e. The highest BCUT2D eigenvalue weighted by Crippen LogP contribution is 2.14. The first kappa shape index (κ1) is 15.5. The fourth-order valence-corrected chi connectivity index (χ4v) is 1.18. The van der Waals surface area contributed by atoms with Gasteiger partial charge in [-0.05, 0) is 34.1 Å². The maximum Gasteiger partial charge on any atom is 0.410 e. The molecule has 0 saturated carbocycles. The Labute approximate surface area is 102 Å². The van der Waals surface area contributed by atoms with Crippen LogP contribution in [0.1, 0.15) is 34.1 Å². The number of aliphatic carboxylic acids is 1. The number of nitrogens with zero attached hydrogens (tertiary/aromatic N) is 1. The van der Waals surface area contributed by atoms with Crippen molar-refractivity contribution in [2.45, 2.75) is 45.8 Å². The molecule has 0 radical (unpaired) electrons. The van der Waals surface area contributed by atoms with Crippen molar-refractivity contribution >= 4 is 12.1 Å². The number of hydrogen-bond acceptors (Lipinski definition) is 3. The van der Waals surface area contributed by atoms with Gasteiger partial charge in [-0.25, -0.2) is 9.59 Å². The van der Waals surface area contributed by atoms with E-state index in [-0.39, 0.29) is 6.42 Å². The van der Waals surface area contributed by atoms with E-state index in [1.807, 2.05) is 0 Å². The fraction of sp³-hybridized carbons (Fsp3) is 0.667. The number of likely N-dealkylation sites (N-methyl/N-ethyl adjacent to an activating group) is 1. The van der Waals surface area contributed by atoms with Gasteiger partial charge in [0.05, 0.1) is 0 Å². The van der Waals surface area contributed by atoms with E-state index in [9.17, 15) is 9.59 Å². The summed E-state index contributed by atoms with van der Waals surface area (Å²) in [6, 6.07) is -0.942. The predicted octanol–water partition coefficient (Wildman–Crippen LogP) is 2.27. The lowest BCUT2D eigenvalue weighted by Crippen LogP contribution is -2.44. The van der Waals surface area contributed by atoms with E-state index in [0.717, 1.165) is 4.90 Å². The molecule has 0 fully saturated rings. The van der Waals surface area contributed by atoms with Crippen LogP contribution in [0.4, 0.5) is 4.79 Å². The van der Waals surface area contributed by atoms with Gasteiger partial charge in [-0.2, -0.15) is 0 Å². The Morgan fingerprint density at radius 1 is 1.41 bits per heavy atom. The third kappa shape index (κ3) is 5.94. The Morgan fingerprint density at radius 3 is 2.18 bits per heavy atom. The molecular weight excluding hydrogens is 222 g/mol. The Morgan fingerprint density at radius 2 is 1.88 bits per heavy atom. The standard InChI is InChI=1S/C12H21NO4/c1-8(2)7-9(10(14)15)13(6)11(16)17-12(3,4)5/h9H,1,7H2,2-6H3,(H,14,15). The van der Waals surface area contributed by atoms with Gasteiger partial charge in [0.2, 0.25) is 0 Å². The van der Waals surface area contributed by atoms with Gasteiger partial charge >= 0.3 is 12.1 Å². The van der Waals surface area contributed by atoms with Crippen molar-refractivity contribution in [2.24, 2.45) is 0 Å². The molecule has 1 atom stereocenters. The minimum absolute atomic E-state index is 0.213. The van der Waals surface area contributed by atoms with Crippen molar-refractivity contribution in [3.63, 3.8) is 0 Å². The molecule has 0 aromatic rings. The predicted molar refractivity (Wildman–Crippen MR) is 64.9 cm³/mol. The van der Waals surface area contributed by atoms with Gasteiger partial charge in [-0.3, -0.25) is 4.90 Å². The second kappa shape index (κ2) is 5.70. The minimum atomic E-state index is -1.07. The van der Waals surface area contributed by atoms with Crippen molar-refractivity contribution < 1.29 is 19.4 Å². The third-order valence-electron chi connectivity index (χ3n) is 1.98. The number of carbonyl (C=O) groups is 2. The van der Waals surface area contributed by atoms with Gasteiger partial charge < -0.3 is 9.84 Å². The van der Waals surface area contributed by atoms with Crippen LogP contribution in [0.5, 0.6) is 0 Å². The highest BCUT2D eigenvalue weighted by molar-refractivity contribution is 5.80. The van der Waals surface area contributed by atoms with Crippen LogP contribution in [0.15, 0.2) is 12.2 Å². The second-order valence-electron chi connectivity index (χ2n) is 5.11. The number of carbonyl (C=O) groups excluding carboxylic acids is 1. The lowest BCUT2D eigenvalue weighted by Gasteiger charge is -2.28. The largest absolute Gasteiger partial charge is 0.480 e. The van der Waals surface area contributed by atoms with Crippen molar-refractivity contribution in [3.05, 3.63) is 12.2 Å². The molecule has 5 nitrogen and oxygen atoms in total. The summed E-state index contributed by atoms with van der Waals surface area (Å²) < 4.78 is 5.11. The van der Waals surface area contributed by atoms with E-state index in [2.05, 4.69) is 6.58 Å². The number of rotatable bonds is 4. The smallest absolute Gasteiger partial charge is 0.410 e. The molecule has 0 bridgehead atoms. The molecule has 0 saturated heterocycles. The van der Waals surface area contributed by atoms with E-state index >= 15 is 0 Å². The zero-order chi connectivity index (χ0) is 13.8. The lowest BCUT2D eigenvalue weighted by molar-refractivity contribution is -0.142. The van der Waals surface area contributed by atoms with E-state index in [1.54, 1.807) is 27.7 Å². The normalized spacial score (nSPS) is 12.8. The van der Waals surface area contributed by atoms with Crippen LogP contribution in [-0.2, 0) is 9.53 Å². The summed E-state index contributed by atoms with van der Waals surface area (Å²) in [7, 11) is 1.41. The van der Waals surface area contributed by atoms with E-state index in [0.29, 0.717) is 5.57 Å². The molecule has 0 aromatic carbocycles. The van der Waals surface area contributed by atoms with Crippen molar-refractivity contribution in [3.8, 4) is 0 Å². The quantitative estimate of drug-likeness (QED) is 0.769. The first-order valence-electron chi connectivity index (χ1n) is 5.37. The number of ether oxygens (including phenoxy) is 1. The zero-order valence-corrected chi connectivity index (χ0v) is 11.1. The maximum absolute atomic E-state index is 11.7. The third-order valence-corrected chi connectivity index (χ3v) is 1.98. The average molecular weight is 243 g/mol. The molecule has 17 heavy (non-hydrogen) atoms. The maximum atomic E-state index is 11.7. The lowest BCUT2D eigenvalue weighted by atomic mass is 10.1. The van der Waals surface area contributed by atoms with Crippen LogP contribution in [0.3, 0.4) is 0 Å². The summed E-state index contributed by atoms with van der Waals surface area (Å²) in [5.74, 6) is -1.07. The number of amides is 1. The summed E-state index contributed by atoms with van der Waals surface area (Å²) in [5, 5.41) is 9.05. The molecule has 98 valence electrons. The first-order valence-corrected chi connectivity index (χ1v) is 5.37. The molecule has 5 heteroatoms. The van der Waals surface area contributed by atoms with Crippen molar-refractivity contribution in [1.29, 1.82) is 0 Å². The molecular formula is C12H21NO4. The second-order valence-corrected chi connectivity index (χ2v) is 5.11. The molecule has 0 aliphatic carbocycles. The van der Waals surface area contributed by atoms with Gasteiger partial charge in [-0.15, -0.1) is 6.58 Å². The number of carboxylic acid groups (broad SMARTS) is 1. The Bertz CT molecular complexity index is 317. The molecule has 1 unspecified atom stereocenters. The Hall–Kier alpha value is -1.52. The van der Waals surface area contributed by atoms with E-state index < -0.39 is 23.7 Å². The molecule has 0 heterocycles. The zero-order valence-electron chi connectivity index (χ0n) is 11.1. The molecule has 1 amide bonds. The molecule has 0 aromatic heterocycles. The molecule has 1 N–H and O–H groups in total. The van der Waals surface area contributed by atoms with E-state index in [1.165, 1.54) is 7.05 Å². The van der Waals surface area contributed by atoms with Crippen LogP contribution in [0.25, 0.3) is 0 Å². The van der Waals surface area contributed by atoms with Crippen molar-refractivity contribution in [2.75, 3.05) is 7.05 Å². The molecule has 0 aliphatic rings. The van der Waals surface area contributed by atoms with Crippen LogP contribution >= 0.6 is 0 Å². The summed E-state index contributed by atoms with van der Waals surface area (Å²) in [6.45, 7) is 10.6. The van der Waals surface area contributed by atoms with Crippen LogP contribution in [0, 0.1) is 0 Å². The highest BCUT2D eigenvalue weighted by atomic mass is 16.6. The molecule has 0 aliphatic heterocycles. The van der Waals surface area contributed by atoms with Gasteiger partial charge in [0.15, 0.2) is 0 Å². The van der Waals surface area contributed by atoms with E-state index in [4.69, 9.17) is 9.84 Å². The Kier molecular flexibility index (Phi) is 5.19. The number of hydrogen-bond donors (Lipinski definition) is 1. The summed E-state index contributed by atoms with van der Waals surface area (Å²) in [4.78, 5) is 23.8. The van der Waals surface area contributed by atoms with Crippen LogP contribution < -0.4 is 0 Å². The molecule has 0 spiro atoms. The Balaban J connectivity index is 4.72. The van der Waals surface area contributed by atoms with Gasteiger partial charge in [0, 0.05) is 7.05 Å². The fourth-order valence-electron chi connectivity index (χ4n) is 1.18.